The fourth-order valence-electron chi connectivity index (χ4n) is 3.20. The molecule has 0 aliphatic carbocycles. The van der Waals surface area contributed by atoms with E-state index in [-0.39, 0.29) is 0 Å². The number of benzene rings is 2. The second-order valence-corrected chi connectivity index (χ2v) is 6.79. The minimum atomic E-state index is -1.34. The third-order valence-corrected chi connectivity index (χ3v) is 4.91. The maximum absolute atomic E-state index is 13.0. The molecule has 30 heavy (non-hydrogen) atoms. The molecule has 9 heteroatoms. The van der Waals surface area contributed by atoms with E-state index < -0.39 is 29.9 Å². The summed E-state index contributed by atoms with van der Waals surface area (Å²) in [6, 6.07) is 11.0. The second-order valence-electron chi connectivity index (χ2n) is 6.79. The number of methoxy groups -OCH3 is 3. The molecule has 4 amide bonds. The molecular weight excluding hydrogens is 390 g/mol. The number of hydrogen-bond donors (Lipinski definition) is 2. The van der Waals surface area contributed by atoms with E-state index in [1.165, 1.54) is 14.2 Å². The molecule has 2 aromatic rings. The highest BCUT2D eigenvalue weighted by Gasteiger charge is 2.49. The Balaban J connectivity index is 1.75. The van der Waals surface area contributed by atoms with Crippen molar-refractivity contribution in [2.45, 2.75) is 12.5 Å². The maximum atomic E-state index is 13.0. The number of nitrogens with one attached hydrogen (secondary N) is 2. The average molecular weight is 413 g/mol. The van der Waals surface area contributed by atoms with Crippen LogP contribution in [-0.2, 0) is 15.1 Å². The number of ether oxygens (including phenoxy) is 3. The highest BCUT2D eigenvalue weighted by molar-refractivity contribution is 6.10. The van der Waals surface area contributed by atoms with Crippen molar-refractivity contribution in [3.63, 3.8) is 0 Å². The summed E-state index contributed by atoms with van der Waals surface area (Å²) in [7, 11) is 4.53. The quantitative estimate of drug-likeness (QED) is 0.674. The molecule has 1 heterocycles. The Morgan fingerprint density at radius 1 is 1.00 bits per heavy atom. The van der Waals surface area contributed by atoms with Gasteiger partial charge < -0.3 is 24.8 Å². The van der Waals surface area contributed by atoms with Crippen LogP contribution in [0.25, 0.3) is 0 Å². The summed E-state index contributed by atoms with van der Waals surface area (Å²) >= 11 is 0. The fraction of sp³-hybridized carbons (Fsp3) is 0.286. The van der Waals surface area contributed by atoms with Crippen LogP contribution < -0.4 is 24.8 Å². The van der Waals surface area contributed by atoms with Crippen LogP contribution in [0.4, 0.5) is 10.5 Å². The molecule has 2 aromatic carbocycles. The number of nitrogens with zero attached hydrogens (tertiary/aromatic N) is 1. The van der Waals surface area contributed by atoms with Crippen molar-refractivity contribution < 1.29 is 28.6 Å². The van der Waals surface area contributed by atoms with Gasteiger partial charge in [-0.05, 0) is 48.9 Å². The first kappa shape index (κ1) is 21.0. The van der Waals surface area contributed by atoms with Gasteiger partial charge in [0.25, 0.3) is 5.91 Å². The van der Waals surface area contributed by atoms with E-state index >= 15 is 0 Å². The first-order valence-electron chi connectivity index (χ1n) is 9.13. The monoisotopic (exact) mass is 413 g/mol. The lowest BCUT2D eigenvalue weighted by molar-refractivity contribution is -0.133. The van der Waals surface area contributed by atoms with Gasteiger partial charge in [-0.1, -0.05) is 6.07 Å². The third kappa shape index (κ3) is 3.86. The van der Waals surface area contributed by atoms with Gasteiger partial charge in [0.1, 0.15) is 17.8 Å². The Bertz CT molecular complexity index is 975. The van der Waals surface area contributed by atoms with Gasteiger partial charge in [0.15, 0.2) is 11.5 Å². The summed E-state index contributed by atoms with van der Waals surface area (Å²) in [5.41, 5.74) is -0.302. The van der Waals surface area contributed by atoms with Gasteiger partial charge in [0, 0.05) is 5.69 Å². The summed E-state index contributed by atoms with van der Waals surface area (Å²) in [5.74, 6) is 0.531. The number of hydrogen-bond acceptors (Lipinski definition) is 6. The lowest BCUT2D eigenvalue weighted by atomic mass is 9.91. The maximum Gasteiger partial charge on any atom is 0.325 e. The Hall–Kier alpha value is -3.75. The molecule has 0 bridgehead atoms. The van der Waals surface area contributed by atoms with E-state index in [0.717, 1.165) is 4.90 Å². The Kier molecular flexibility index (Phi) is 5.81. The summed E-state index contributed by atoms with van der Waals surface area (Å²) in [6.07, 6.45) is 0. The average Bonchev–Trinajstić information content (AvgIpc) is 2.97. The SMILES string of the molecule is COc1ccc(NC(=O)CN2C(=O)N[C@@](C)(c3ccc(OC)c(OC)c3)C2=O)cc1. The standard InChI is InChI=1S/C21H23N3O6/c1-21(13-5-10-16(29-3)17(11-13)30-4)19(26)24(20(27)23-21)12-18(25)22-14-6-8-15(28-2)9-7-14/h5-11H,12H2,1-4H3,(H,22,25)(H,23,27)/t21-/m0/s1. The van der Waals surface area contributed by atoms with Crippen molar-refractivity contribution in [3.8, 4) is 17.2 Å². The number of carbonyl (C=O) groups is 3. The smallest absolute Gasteiger partial charge is 0.325 e. The van der Waals surface area contributed by atoms with Crippen LogP contribution in [0.3, 0.4) is 0 Å². The van der Waals surface area contributed by atoms with Crippen LogP contribution in [0.2, 0.25) is 0 Å². The molecule has 0 unspecified atom stereocenters. The normalized spacial score (nSPS) is 18.1. The molecule has 0 radical (unpaired) electrons. The van der Waals surface area contributed by atoms with Crippen molar-refractivity contribution in [2.75, 3.05) is 33.2 Å². The molecule has 158 valence electrons. The van der Waals surface area contributed by atoms with Gasteiger partial charge in [-0.2, -0.15) is 0 Å². The van der Waals surface area contributed by atoms with E-state index in [1.807, 2.05) is 0 Å². The number of urea groups is 1. The third-order valence-electron chi connectivity index (χ3n) is 4.91. The van der Waals surface area contributed by atoms with Gasteiger partial charge in [-0.25, -0.2) is 4.79 Å². The lowest BCUT2D eigenvalue weighted by Gasteiger charge is -2.23. The molecular formula is C21H23N3O6. The first-order valence-corrected chi connectivity index (χ1v) is 9.13. The lowest BCUT2D eigenvalue weighted by Crippen LogP contribution is -2.42. The van der Waals surface area contributed by atoms with E-state index in [1.54, 1.807) is 56.5 Å². The minimum Gasteiger partial charge on any atom is -0.497 e. The second kappa shape index (κ2) is 8.32. The predicted octanol–water partition coefficient (Wildman–Crippen LogP) is 2.12. The van der Waals surface area contributed by atoms with Crippen molar-refractivity contribution in [1.29, 1.82) is 0 Å². The van der Waals surface area contributed by atoms with Gasteiger partial charge in [0.05, 0.1) is 21.3 Å². The molecule has 1 atom stereocenters. The summed E-state index contributed by atoms with van der Waals surface area (Å²) in [5, 5.41) is 5.32. The van der Waals surface area contributed by atoms with Crippen LogP contribution >= 0.6 is 0 Å². The zero-order valence-electron chi connectivity index (χ0n) is 17.1. The van der Waals surface area contributed by atoms with Crippen molar-refractivity contribution in [1.82, 2.24) is 10.2 Å². The zero-order valence-corrected chi connectivity index (χ0v) is 17.1. The Morgan fingerprint density at radius 2 is 1.67 bits per heavy atom. The molecule has 0 saturated carbocycles. The van der Waals surface area contributed by atoms with E-state index in [2.05, 4.69) is 10.6 Å². The van der Waals surface area contributed by atoms with Crippen LogP contribution in [0.5, 0.6) is 17.2 Å². The number of amides is 4. The molecule has 1 saturated heterocycles. The minimum absolute atomic E-state index is 0.417. The topological polar surface area (TPSA) is 106 Å². The highest BCUT2D eigenvalue weighted by atomic mass is 16.5. The molecule has 0 spiro atoms. The molecule has 0 aromatic heterocycles. The van der Waals surface area contributed by atoms with Crippen LogP contribution in [0.1, 0.15) is 12.5 Å². The Morgan fingerprint density at radius 3 is 2.27 bits per heavy atom. The largest absolute Gasteiger partial charge is 0.497 e. The van der Waals surface area contributed by atoms with E-state index in [4.69, 9.17) is 14.2 Å². The van der Waals surface area contributed by atoms with Gasteiger partial charge >= 0.3 is 6.03 Å². The van der Waals surface area contributed by atoms with E-state index in [9.17, 15) is 14.4 Å². The molecule has 1 aliphatic heterocycles. The summed E-state index contributed by atoms with van der Waals surface area (Å²) < 4.78 is 15.6. The number of rotatable bonds is 7. The zero-order chi connectivity index (χ0) is 21.9. The molecule has 1 fully saturated rings. The van der Waals surface area contributed by atoms with Crippen LogP contribution in [0, 0.1) is 0 Å². The summed E-state index contributed by atoms with van der Waals surface area (Å²) in [6.45, 7) is 1.16. The van der Waals surface area contributed by atoms with E-state index in [0.29, 0.717) is 28.5 Å². The molecule has 2 N–H and O–H groups in total. The first-order chi connectivity index (χ1) is 14.3. The van der Waals surface area contributed by atoms with Gasteiger partial charge in [-0.15, -0.1) is 0 Å². The molecule has 9 nitrogen and oxygen atoms in total. The molecule has 3 rings (SSSR count). The van der Waals surface area contributed by atoms with Crippen LogP contribution in [0.15, 0.2) is 42.5 Å². The van der Waals surface area contributed by atoms with Crippen molar-refractivity contribution in [2.24, 2.45) is 0 Å². The predicted molar refractivity (Wildman–Crippen MR) is 109 cm³/mol. The number of imide groups is 1. The fourth-order valence-corrected chi connectivity index (χ4v) is 3.20. The van der Waals surface area contributed by atoms with Gasteiger partial charge in [-0.3, -0.25) is 14.5 Å². The Labute approximate surface area is 173 Å². The van der Waals surface area contributed by atoms with Crippen molar-refractivity contribution in [3.05, 3.63) is 48.0 Å². The van der Waals surface area contributed by atoms with Crippen molar-refractivity contribution >= 4 is 23.5 Å². The summed E-state index contributed by atoms with van der Waals surface area (Å²) in [4.78, 5) is 38.8. The van der Waals surface area contributed by atoms with Crippen LogP contribution in [-0.4, -0.2) is 50.6 Å². The van der Waals surface area contributed by atoms with Gasteiger partial charge in [0.2, 0.25) is 5.91 Å². The number of carbonyl (C=O) groups excluding carboxylic acids is 3. The number of anilines is 1. The molecule has 1 aliphatic rings. The highest BCUT2D eigenvalue weighted by Crippen LogP contribution is 2.35.